The molecule has 1 fully saturated rings. The smallest absolute Gasteiger partial charge is 0.114 e. The highest BCUT2D eigenvalue weighted by Gasteiger charge is 2.39. The second kappa shape index (κ2) is 20.2. The van der Waals surface area contributed by atoms with Crippen LogP contribution in [0.4, 0.5) is 0 Å². The Labute approximate surface area is 191 Å². The molecule has 0 amide bonds. The molecule has 0 aliphatic carbocycles. The van der Waals surface area contributed by atoms with E-state index in [2.05, 4.69) is 19.1 Å². The molecule has 1 saturated heterocycles. The molecular weight excluding hydrogens is 392 g/mol. The zero-order valence-corrected chi connectivity index (χ0v) is 20.1. The van der Waals surface area contributed by atoms with Gasteiger partial charge in [0.2, 0.25) is 0 Å². The van der Waals surface area contributed by atoms with E-state index in [9.17, 15) is 15.3 Å². The molecule has 0 aromatic rings. The predicted molar refractivity (Wildman–Crippen MR) is 127 cm³/mol. The second-order valence-corrected chi connectivity index (χ2v) is 9.09. The first-order valence-electron chi connectivity index (χ1n) is 13.1. The Hall–Kier alpha value is -0.460. The highest BCUT2D eigenvalue weighted by Crippen LogP contribution is 2.19. The van der Waals surface area contributed by atoms with Gasteiger partial charge in [-0.3, -0.25) is 0 Å². The molecular formula is C26H50O5. The maximum absolute atomic E-state index is 10.0. The quantitative estimate of drug-likeness (QED) is 0.176. The van der Waals surface area contributed by atoms with E-state index in [1.807, 2.05) is 0 Å². The number of hydrogen-bond donors (Lipinski definition) is 3. The van der Waals surface area contributed by atoms with Gasteiger partial charge < -0.3 is 24.8 Å². The Balaban J connectivity index is 1.85. The van der Waals surface area contributed by atoms with Crippen molar-refractivity contribution in [2.45, 2.75) is 134 Å². The van der Waals surface area contributed by atoms with Gasteiger partial charge in [-0.15, -0.1) is 0 Å². The van der Waals surface area contributed by atoms with Crippen LogP contribution >= 0.6 is 0 Å². The van der Waals surface area contributed by atoms with Gasteiger partial charge >= 0.3 is 0 Å². The average Bonchev–Trinajstić information content (AvgIpc) is 2.78. The standard InChI is InChI=1S/C26H50O5/c1-2-3-4-5-6-7-8-9-10-11-12-13-14-15-16-17-18-19-20-30-26-24(21-27)31-22-23(28)25(26)29/h17-18,23-29H,2-16,19-22H2,1H3/b18-17+/t23-,24+,25+,26+/m1/s1. The number of unbranched alkanes of at least 4 members (excludes halogenated alkanes) is 14. The molecule has 4 atom stereocenters. The van der Waals surface area contributed by atoms with Gasteiger partial charge in [-0.2, -0.15) is 0 Å². The van der Waals surface area contributed by atoms with E-state index in [0.717, 1.165) is 12.8 Å². The SMILES string of the molecule is CCCCCCCCCCCCCCCC/C=C/CCO[C@@H]1[C@@H](O)[C@H](O)CO[C@H]1CO. The van der Waals surface area contributed by atoms with E-state index in [0.29, 0.717) is 6.61 Å². The lowest BCUT2D eigenvalue weighted by Crippen LogP contribution is -2.55. The minimum absolute atomic E-state index is 0.0331. The molecule has 5 nitrogen and oxygen atoms in total. The Morgan fingerprint density at radius 3 is 1.84 bits per heavy atom. The summed E-state index contributed by atoms with van der Waals surface area (Å²) in [5, 5.41) is 29.0. The lowest BCUT2D eigenvalue weighted by molar-refractivity contribution is -0.211. The number of aliphatic hydroxyl groups is 3. The zero-order chi connectivity index (χ0) is 22.6. The Kier molecular flexibility index (Phi) is 18.6. The van der Waals surface area contributed by atoms with Crippen molar-refractivity contribution in [3.05, 3.63) is 12.2 Å². The van der Waals surface area contributed by atoms with Crippen molar-refractivity contribution >= 4 is 0 Å². The number of rotatable bonds is 20. The van der Waals surface area contributed by atoms with Gasteiger partial charge in [-0.05, 0) is 19.3 Å². The Morgan fingerprint density at radius 1 is 0.774 bits per heavy atom. The Morgan fingerprint density at radius 2 is 1.29 bits per heavy atom. The highest BCUT2D eigenvalue weighted by atomic mass is 16.6. The third-order valence-electron chi connectivity index (χ3n) is 6.24. The lowest BCUT2D eigenvalue weighted by Gasteiger charge is -2.37. The molecule has 0 bridgehead atoms. The first kappa shape index (κ1) is 28.6. The fourth-order valence-electron chi connectivity index (χ4n) is 4.18. The van der Waals surface area contributed by atoms with Gasteiger partial charge in [0.25, 0.3) is 0 Å². The molecule has 0 spiro atoms. The zero-order valence-electron chi connectivity index (χ0n) is 20.1. The van der Waals surface area contributed by atoms with Gasteiger partial charge in [0.05, 0.1) is 19.8 Å². The summed E-state index contributed by atoms with van der Waals surface area (Å²) in [5.41, 5.74) is 0. The predicted octanol–water partition coefficient (Wildman–Crippen LogP) is 5.30. The van der Waals surface area contributed by atoms with Gasteiger partial charge in [0.15, 0.2) is 0 Å². The van der Waals surface area contributed by atoms with Gasteiger partial charge in [0.1, 0.15) is 24.4 Å². The first-order valence-corrected chi connectivity index (χ1v) is 13.1. The molecule has 0 aromatic heterocycles. The van der Waals surface area contributed by atoms with Crippen LogP contribution in [0, 0.1) is 0 Å². The number of aliphatic hydroxyl groups excluding tert-OH is 3. The summed E-state index contributed by atoms with van der Waals surface area (Å²) in [6.45, 7) is 2.54. The molecule has 0 radical (unpaired) electrons. The fourth-order valence-corrected chi connectivity index (χ4v) is 4.18. The largest absolute Gasteiger partial charge is 0.394 e. The lowest BCUT2D eigenvalue weighted by atomic mass is 10.0. The van der Waals surface area contributed by atoms with E-state index >= 15 is 0 Å². The van der Waals surface area contributed by atoms with E-state index in [1.165, 1.54) is 89.9 Å². The Bertz CT molecular complexity index is 413. The summed E-state index contributed by atoms with van der Waals surface area (Å²) in [5.74, 6) is 0. The minimum atomic E-state index is -1.01. The summed E-state index contributed by atoms with van der Waals surface area (Å²) in [6.07, 6.45) is 22.3. The summed E-state index contributed by atoms with van der Waals surface area (Å²) < 4.78 is 11.0. The monoisotopic (exact) mass is 442 g/mol. The number of hydrogen-bond acceptors (Lipinski definition) is 5. The molecule has 1 aliphatic rings. The topological polar surface area (TPSA) is 79.2 Å². The van der Waals surface area contributed by atoms with Gasteiger partial charge in [0, 0.05) is 0 Å². The van der Waals surface area contributed by atoms with Crippen molar-refractivity contribution in [2.75, 3.05) is 19.8 Å². The molecule has 1 aliphatic heterocycles. The maximum Gasteiger partial charge on any atom is 0.114 e. The summed E-state index contributed by atoms with van der Waals surface area (Å²) in [6, 6.07) is 0. The van der Waals surface area contributed by atoms with Crippen LogP contribution in [-0.4, -0.2) is 59.6 Å². The van der Waals surface area contributed by atoms with E-state index in [1.54, 1.807) is 0 Å². The molecule has 1 rings (SSSR count). The van der Waals surface area contributed by atoms with Crippen molar-refractivity contribution in [1.82, 2.24) is 0 Å². The molecule has 0 aromatic carbocycles. The third-order valence-corrected chi connectivity index (χ3v) is 6.24. The fraction of sp³-hybridized carbons (Fsp3) is 0.923. The van der Waals surface area contributed by atoms with Crippen LogP contribution in [0.25, 0.3) is 0 Å². The summed E-state index contributed by atoms with van der Waals surface area (Å²) >= 11 is 0. The molecule has 0 unspecified atom stereocenters. The average molecular weight is 443 g/mol. The highest BCUT2D eigenvalue weighted by molar-refractivity contribution is 4.88. The molecule has 3 N–H and O–H groups in total. The second-order valence-electron chi connectivity index (χ2n) is 9.09. The van der Waals surface area contributed by atoms with Crippen molar-refractivity contribution in [1.29, 1.82) is 0 Å². The van der Waals surface area contributed by atoms with E-state index in [-0.39, 0.29) is 13.2 Å². The van der Waals surface area contributed by atoms with E-state index < -0.39 is 24.4 Å². The van der Waals surface area contributed by atoms with Crippen molar-refractivity contribution < 1.29 is 24.8 Å². The van der Waals surface area contributed by atoms with Gasteiger partial charge in [-0.25, -0.2) is 0 Å². The van der Waals surface area contributed by atoms with Crippen LogP contribution in [0.5, 0.6) is 0 Å². The van der Waals surface area contributed by atoms with Crippen LogP contribution in [0.15, 0.2) is 12.2 Å². The molecule has 0 saturated carbocycles. The van der Waals surface area contributed by atoms with E-state index in [4.69, 9.17) is 9.47 Å². The van der Waals surface area contributed by atoms with Crippen molar-refractivity contribution in [3.8, 4) is 0 Å². The number of allylic oxidation sites excluding steroid dienone is 1. The molecule has 1 heterocycles. The minimum Gasteiger partial charge on any atom is -0.394 e. The van der Waals surface area contributed by atoms with Crippen LogP contribution in [0.1, 0.15) is 110 Å². The number of ether oxygens (including phenoxy) is 2. The molecule has 31 heavy (non-hydrogen) atoms. The molecule has 184 valence electrons. The van der Waals surface area contributed by atoms with Crippen LogP contribution in [0.3, 0.4) is 0 Å². The molecule has 5 heteroatoms. The summed E-state index contributed by atoms with van der Waals surface area (Å²) in [4.78, 5) is 0. The van der Waals surface area contributed by atoms with Crippen LogP contribution in [-0.2, 0) is 9.47 Å². The normalized spacial score (nSPS) is 24.3. The third kappa shape index (κ3) is 14.3. The summed E-state index contributed by atoms with van der Waals surface area (Å²) in [7, 11) is 0. The van der Waals surface area contributed by atoms with Crippen molar-refractivity contribution in [3.63, 3.8) is 0 Å². The van der Waals surface area contributed by atoms with Crippen molar-refractivity contribution in [2.24, 2.45) is 0 Å². The maximum atomic E-state index is 10.0. The first-order chi connectivity index (χ1) is 15.2. The van der Waals surface area contributed by atoms with Crippen LogP contribution < -0.4 is 0 Å². The van der Waals surface area contributed by atoms with Crippen LogP contribution in [0.2, 0.25) is 0 Å². The van der Waals surface area contributed by atoms with Gasteiger partial charge in [-0.1, -0.05) is 103 Å².